The Kier molecular flexibility index (Phi) is 5.90. The predicted molar refractivity (Wildman–Crippen MR) is 83.2 cm³/mol. The van der Waals surface area contributed by atoms with Gasteiger partial charge in [0, 0.05) is 17.1 Å². The van der Waals surface area contributed by atoms with Crippen molar-refractivity contribution in [2.45, 2.75) is 24.3 Å². The topological polar surface area (TPSA) is 62.5 Å². The van der Waals surface area contributed by atoms with Crippen molar-refractivity contribution >= 4 is 17.7 Å². The largest absolute Gasteiger partial charge is 0.467 e. The van der Waals surface area contributed by atoms with Crippen LogP contribution in [0, 0.1) is 6.92 Å². The first kappa shape index (κ1) is 15.7. The molecule has 0 aliphatic carbocycles. The van der Waals surface area contributed by atoms with Crippen LogP contribution in [-0.2, 0) is 4.79 Å². The SMILES string of the molecule is Cc1ccc(SCCC(=O)NC(CO)c2ccco2)cc1. The van der Waals surface area contributed by atoms with Gasteiger partial charge in [-0.1, -0.05) is 17.7 Å². The minimum atomic E-state index is -0.475. The second kappa shape index (κ2) is 7.90. The zero-order valence-corrected chi connectivity index (χ0v) is 12.7. The van der Waals surface area contributed by atoms with Crippen LogP contribution in [0.3, 0.4) is 0 Å². The van der Waals surface area contributed by atoms with Gasteiger partial charge in [-0.3, -0.25) is 4.79 Å². The van der Waals surface area contributed by atoms with Crippen LogP contribution in [0.25, 0.3) is 0 Å². The van der Waals surface area contributed by atoms with Crippen LogP contribution in [0.4, 0.5) is 0 Å². The molecule has 0 saturated heterocycles. The van der Waals surface area contributed by atoms with Gasteiger partial charge in [0.1, 0.15) is 11.8 Å². The molecular formula is C16H19NO3S. The van der Waals surface area contributed by atoms with E-state index in [1.54, 1.807) is 23.9 Å². The summed E-state index contributed by atoms with van der Waals surface area (Å²) < 4.78 is 5.19. The zero-order valence-electron chi connectivity index (χ0n) is 11.9. The van der Waals surface area contributed by atoms with Gasteiger partial charge in [-0.05, 0) is 31.2 Å². The van der Waals surface area contributed by atoms with Gasteiger partial charge < -0.3 is 14.8 Å². The summed E-state index contributed by atoms with van der Waals surface area (Å²) in [5.74, 6) is 1.17. The summed E-state index contributed by atoms with van der Waals surface area (Å²) >= 11 is 1.64. The minimum Gasteiger partial charge on any atom is -0.467 e. The number of thioether (sulfide) groups is 1. The van der Waals surface area contributed by atoms with E-state index in [2.05, 4.69) is 29.6 Å². The third-order valence-electron chi connectivity index (χ3n) is 3.02. The van der Waals surface area contributed by atoms with E-state index >= 15 is 0 Å². The molecule has 0 radical (unpaired) electrons. The number of aryl methyl sites for hydroxylation is 1. The molecule has 112 valence electrons. The molecule has 1 amide bonds. The summed E-state index contributed by atoms with van der Waals surface area (Å²) in [6, 6.07) is 11.2. The Morgan fingerprint density at radius 2 is 2.10 bits per heavy atom. The highest BCUT2D eigenvalue weighted by molar-refractivity contribution is 7.99. The molecule has 2 N–H and O–H groups in total. The first-order chi connectivity index (χ1) is 10.2. The van der Waals surface area contributed by atoms with Gasteiger partial charge in [-0.2, -0.15) is 0 Å². The maximum Gasteiger partial charge on any atom is 0.221 e. The molecule has 4 nitrogen and oxygen atoms in total. The first-order valence-corrected chi connectivity index (χ1v) is 7.80. The van der Waals surface area contributed by atoms with Crippen molar-refractivity contribution in [3.63, 3.8) is 0 Å². The minimum absolute atomic E-state index is 0.0925. The second-order valence-electron chi connectivity index (χ2n) is 4.73. The molecule has 2 aromatic rings. The Balaban J connectivity index is 1.75. The van der Waals surface area contributed by atoms with E-state index in [0.29, 0.717) is 17.9 Å². The molecule has 0 fully saturated rings. The van der Waals surface area contributed by atoms with Crippen molar-refractivity contribution in [3.8, 4) is 0 Å². The van der Waals surface area contributed by atoms with E-state index in [-0.39, 0.29) is 12.5 Å². The van der Waals surface area contributed by atoms with Crippen LogP contribution in [-0.4, -0.2) is 23.4 Å². The van der Waals surface area contributed by atoms with E-state index in [9.17, 15) is 9.90 Å². The van der Waals surface area contributed by atoms with Crippen molar-refractivity contribution in [1.29, 1.82) is 0 Å². The lowest BCUT2D eigenvalue weighted by molar-refractivity contribution is -0.121. The van der Waals surface area contributed by atoms with E-state index in [4.69, 9.17) is 4.42 Å². The summed E-state index contributed by atoms with van der Waals surface area (Å²) in [5.41, 5.74) is 1.22. The summed E-state index contributed by atoms with van der Waals surface area (Å²) in [7, 11) is 0. The Hall–Kier alpha value is -1.72. The number of carbonyl (C=O) groups excluding carboxylic acids is 1. The van der Waals surface area contributed by atoms with Gasteiger partial charge in [0.05, 0.1) is 12.9 Å². The van der Waals surface area contributed by atoms with Crippen molar-refractivity contribution in [3.05, 3.63) is 54.0 Å². The molecule has 1 aromatic carbocycles. The van der Waals surface area contributed by atoms with E-state index in [1.807, 2.05) is 6.92 Å². The normalized spacial score (nSPS) is 12.1. The Morgan fingerprint density at radius 1 is 1.33 bits per heavy atom. The summed E-state index contributed by atoms with van der Waals surface area (Å²) in [4.78, 5) is 13.0. The maximum absolute atomic E-state index is 11.9. The quantitative estimate of drug-likeness (QED) is 0.772. The van der Waals surface area contributed by atoms with Crippen molar-refractivity contribution < 1.29 is 14.3 Å². The van der Waals surface area contributed by atoms with Crippen molar-refractivity contribution in [2.75, 3.05) is 12.4 Å². The predicted octanol–water partition coefficient (Wildman–Crippen LogP) is 2.92. The lowest BCUT2D eigenvalue weighted by Gasteiger charge is -2.13. The van der Waals surface area contributed by atoms with Crippen LogP contribution < -0.4 is 5.32 Å². The number of rotatable bonds is 7. The standard InChI is InChI=1S/C16H19NO3S/c1-12-4-6-13(7-5-12)21-10-8-16(19)17-14(11-18)15-3-2-9-20-15/h2-7,9,14,18H,8,10-11H2,1H3,(H,17,19). The average molecular weight is 305 g/mol. The highest BCUT2D eigenvalue weighted by Crippen LogP contribution is 2.19. The number of benzene rings is 1. The summed E-state index contributed by atoms with van der Waals surface area (Å²) in [5, 5.41) is 12.1. The van der Waals surface area contributed by atoms with Gasteiger partial charge in [-0.25, -0.2) is 0 Å². The molecule has 0 bridgehead atoms. The van der Waals surface area contributed by atoms with E-state index < -0.39 is 6.04 Å². The molecule has 2 rings (SSSR count). The molecule has 0 spiro atoms. The fourth-order valence-corrected chi connectivity index (χ4v) is 2.71. The van der Waals surface area contributed by atoms with E-state index in [1.165, 1.54) is 11.8 Å². The van der Waals surface area contributed by atoms with Crippen LogP contribution in [0.2, 0.25) is 0 Å². The summed E-state index contributed by atoms with van der Waals surface area (Å²) in [6.45, 7) is 1.87. The van der Waals surface area contributed by atoms with Gasteiger partial charge in [0.15, 0.2) is 0 Å². The molecule has 1 heterocycles. The Bertz CT molecular complexity index is 551. The molecule has 21 heavy (non-hydrogen) atoms. The van der Waals surface area contributed by atoms with Crippen LogP contribution in [0.1, 0.15) is 23.8 Å². The average Bonchev–Trinajstić information content (AvgIpc) is 3.01. The first-order valence-electron chi connectivity index (χ1n) is 6.82. The van der Waals surface area contributed by atoms with Gasteiger partial charge in [0.25, 0.3) is 0 Å². The van der Waals surface area contributed by atoms with Gasteiger partial charge in [-0.15, -0.1) is 11.8 Å². The van der Waals surface area contributed by atoms with E-state index in [0.717, 1.165) is 4.90 Å². The molecule has 1 atom stereocenters. The van der Waals surface area contributed by atoms with Crippen molar-refractivity contribution in [2.24, 2.45) is 0 Å². The molecule has 0 aliphatic heterocycles. The molecule has 1 aromatic heterocycles. The van der Waals surface area contributed by atoms with Gasteiger partial charge >= 0.3 is 0 Å². The number of aliphatic hydroxyl groups excluding tert-OH is 1. The number of carbonyl (C=O) groups is 1. The number of aliphatic hydroxyl groups is 1. The maximum atomic E-state index is 11.9. The van der Waals surface area contributed by atoms with Crippen LogP contribution >= 0.6 is 11.8 Å². The zero-order chi connectivity index (χ0) is 15.1. The number of nitrogens with one attached hydrogen (secondary N) is 1. The molecular weight excluding hydrogens is 286 g/mol. The van der Waals surface area contributed by atoms with Crippen LogP contribution in [0.5, 0.6) is 0 Å². The van der Waals surface area contributed by atoms with Gasteiger partial charge in [0.2, 0.25) is 5.91 Å². The number of hydrogen-bond acceptors (Lipinski definition) is 4. The fraction of sp³-hybridized carbons (Fsp3) is 0.312. The third kappa shape index (κ3) is 4.95. The Labute approximate surface area is 128 Å². The monoisotopic (exact) mass is 305 g/mol. The summed E-state index contributed by atoms with van der Waals surface area (Å²) in [6.07, 6.45) is 1.92. The molecule has 0 aliphatic rings. The molecule has 0 saturated carbocycles. The Morgan fingerprint density at radius 3 is 2.71 bits per heavy atom. The highest BCUT2D eigenvalue weighted by Gasteiger charge is 2.15. The molecule has 1 unspecified atom stereocenters. The van der Waals surface area contributed by atoms with Crippen LogP contribution in [0.15, 0.2) is 52.0 Å². The second-order valence-corrected chi connectivity index (χ2v) is 5.90. The molecule has 5 heteroatoms. The van der Waals surface area contributed by atoms with Crippen molar-refractivity contribution in [1.82, 2.24) is 5.32 Å². The number of furan rings is 1. The number of hydrogen-bond donors (Lipinski definition) is 2. The lowest BCUT2D eigenvalue weighted by atomic mass is 10.2. The third-order valence-corrected chi connectivity index (χ3v) is 4.04. The smallest absolute Gasteiger partial charge is 0.221 e. The highest BCUT2D eigenvalue weighted by atomic mass is 32.2. The number of amides is 1. The lowest BCUT2D eigenvalue weighted by Crippen LogP contribution is -2.30. The fourth-order valence-electron chi connectivity index (χ4n) is 1.86.